The first kappa shape index (κ1) is 17.5. The van der Waals surface area contributed by atoms with Crippen molar-refractivity contribution in [2.24, 2.45) is 5.10 Å². The number of amides is 1. The van der Waals surface area contributed by atoms with Crippen molar-refractivity contribution in [2.45, 2.75) is 6.92 Å². The van der Waals surface area contributed by atoms with Crippen LogP contribution in [-0.2, 0) is 14.3 Å². The number of aromatic nitrogens is 2. The molecule has 1 aliphatic rings. The lowest BCUT2D eigenvalue weighted by molar-refractivity contribution is -0.135. The molecule has 0 saturated heterocycles. The number of esters is 1. The van der Waals surface area contributed by atoms with E-state index in [1.165, 1.54) is 23.0 Å². The van der Waals surface area contributed by atoms with Gasteiger partial charge in [0, 0.05) is 18.5 Å². The highest BCUT2D eigenvalue weighted by Crippen LogP contribution is 2.24. The fourth-order valence-electron chi connectivity index (χ4n) is 2.29. The molecule has 0 bridgehead atoms. The maximum atomic E-state index is 12.8. The summed E-state index contributed by atoms with van der Waals surface area (Å²) in [6, 6.07) is 9.94. The van der Waals surface area contributed by atoms with Gasteiger partial charge in [-0.15, -0.1) is 0 Å². The van der Waals surface area contributed by atoms with E-state index < -0.39 is 11.9 Å². The number of para-hydroxylation sites is 1. The zero-order valence-electron chi connectivity index (χ0n) is 13.7. The number of aromatic amines is 1. The molecule has 1 aromatic carbocycles. The molecule has 132 valence electrons. The van der Waals surface area contributed by atoms with E-state index in [9.17, 15) is 14.4 Å². The Bertz CT molecular complexity index is 1040. The zero-order valence-corrected chi connectivity index (χ0v) is 14.5. The maximum Gasteiger partial charge on any atom is 0.359 e. The van der Waals surface area contributed by atoms with Crippen LogP contribution in [0.2, 0.25) is 0 Å². The molecule has 1 aromatic heterocycles. The van der Waals surface area contributed by atoms with Crippen LogP contribution in [0.3, 0.4) is 0 Å². The number of hydrazone groups is 1. The molecule has 1 amide bonds. The summed E-state index contributed by atoms with van der Waals surface area (Å²) in [6.07, 6.45) is 2.74. The van der Waals surface area contributed by atoms with Crippen LogP contribution in [0, 0.1) is 4.77 Å². The third-order valence-corrected chi connectivity index (χ3v) is 3.78. The third-order valence-electron chi connectivity index (χ3n) is 3.47. The molecule has 9 heteroatoms. The topological polar surface area (TPSA) is 96.8 Å². The first-order chi connectivity index (χ1) is 12.5. The van der Waals surface area contributed by atoms with Gasteiger partial charge in [0.05, 0.1) is 17.9 Å². The number of carbonyl (C=O) groups is 2. The van der Waals surface area contributed by atoms with Crippen molar-refractivity contribution in [1.82, 2.24) is 9.55 Å². The second kappa shape index (κ2) is 7.28. The summed E-state index contributed by atoms with van der Waals surface area (Å²) in [7, 11) is 0. The van der Waals surface area contributed by atoms with Crippen LogP contribution in [0.25, 0.3) is 6.20 Å². The summed E-state index contributed by atoms with van der Waals surface area (Å²) in [5.41, 5.74) is 0.0182. The second-order valence-corrected chi connectivity index (χ2v) is 5.57. The molecule has 1 N–H and O–H groups in total. The Kier molecular flexibility index (Phi) is 4.90. The average Bonchev–Trinajstić information content (AvgIpc) is 2.95. The summed E-state index contributed by atoms with van der Waals surface area (Å²) < 4.78 is 6.43. The molecule has 0 unspecified atom stereocenters. The molecule has 0 radical (unpaired) electrons. The van der Waals surface area contributed by atoms with Crippen molar-refractivity contribution >= 4 is 41.7 Å². The Labute approximate surface area is 153 Å². The molecule has 3 rings (SSSR count). The predicted octanol–water partition coefficient (Wildman–Crippen LogP) is 1.71. The Morgan fingerprint density at radius 1 is 1.27 bits per heavy atom. The largest absolute Gasteiger partial charge is 0.461 e. The first-order valence-corrected chi connectivity index (χ1v) is 8.11. The smallest absolute Gasteiger partial charge is 0.359 e. The first-order valence-electron chi connectivity index (χ1n) is 7.70. The molecule has 0 fully saturated rings. The van der Waals surface area contributed by atoms with E-state index in [0.717, 1.165) is 5.01 Å². The molecule has 2 aromatic rings. The van der Waals surface area contributed by atoms with E-state index >= 15 is 0 Å². The molecule has 26 heavy (non-hydrogen) atoms. The summed E-state index contributed by atoms with van der Waals surface area (Å²) in [5.74, 6) is -1.23. The minimum absolute atomic E-state index is 0.00968. The van der Waals surface area contributed by atoms with Crippen molar-refractivity contribution in [3.8, 4) is 0 Å². The molecular formula is C17H14N4O4S. The number of hydrogen-bond acceptors (Lipinski definition) is 6. The lowest BCUT2D eigenvalue weighted by Gasteiger charge is -2.10. The molecule has 0 aliphatic carbocycles. The summed E-state index contributed by atoms with van der Waals surface area (Å²) >= 11 is 5.07. The van der Waals surface area contributed by atoms with Crippen molar-refractivity contribution in [1.29, 1.82) is 0 Å². The van der Waals surface area contributed by atoms with E-state index in [1.807, 2.05) is 0 Å². The van der Waals surface area contributed by atoms with Gasteiger partial charge < -0.3 is 4.74 Å². The maximum absolute atomic E-state index is 12.8. The molecule has 2 heterocycles. The summed E-state index contributed by atoms with van der Waals surface area (Å²) in [5, 5.41) is 5.24. The van der Waals surface area contributed by atoms with Crippen LogP contribution in [0.1, 0.15) is 6.92 Å². The van der Waals surface area contributed by atoms with Crippen molar-refractivity contribution in [3.05, 3.63) is 63.3 Å². The number of rotatable bonds is 4. The van der Waals surface area contributed by atoms with Gasteiger partial charge >= 0.3 is 5.97 Å². The van der Waals surface area contributed by atoms with Crippen molar-refractivity contribution in [3.63, 3.8) is 0 Å². The van der Waals surface area contributed by atoms with E-state index in [4.69, 9.17) is 17.0 Å². The van der Waals surface area contributed by atoms with Gasteiger partial charge in [-0.25, -0.2) is 4.79 Å². The van der Waals surface area contributed by atoms with Gasteiger partial charge in [-0.2, -0.15) is 10.1 Å². The minimum Gasteiger partial charge on any atom is -0.461 e. The number of ether oxygens (including phenoxy) is 1. The molecule has 1 aliphatic heterocycles. The van der Waals surface area contributed by atoms with Crippen LogP contribution in [-0.4, -0.2) is 33.7 Å². The number of hydrogen-bond donors (Lipinski definition) is 1. The average molecular weight is 370 g/mol. The Morgan fingerprint density at radius 2 is 2.00 bits per heavy atom. The fourth-order valence-corrected chi connectivity index (χ4v) is 2.51. The van der Waals surface area contributed by atoms with Gasteiger partial charge in [0.25, 0.3) is 11.5 Å². The Morgan fingerprint density at radius 3 is 2.65 bits per heavy atom. The normalized spacial score (nSPS) is 15.3. The van der Waals surface area contributed by atoms with E-state index in [-0.39, 0.29) is 28.2 Å². The highest BCUT2D eigenvalue weighted by atomic mass is 32.1. The van der Waals surface area contributed by atoms with E-state index in [1.54, 1.807) is 37.3 Å². The van der Waals surface area contributed by atoms with Crippen LogP contribution < -0.4 is 10.6 Å². The van der Waals surface area contributed by atoms with E-state index in [0.29, 0.717) is 5.69 Å². The lowest BCUT2D eigenvalue weighted by atomic mass is 10.1. The minimum atomic E-state index is -0.721. The quantitative estimate of drug-likeness (QED) is 0.502. The fraction of sp³-hybridized carbons (Fsp3) is 0.118. The van der Waals surface area contributed by atoms with Gasteiger partial charge in [-0.3, -0.25) is 19.1 Å². The molecule has 8 nitrogen and oxygen atoms in total. The van der Waals surface area contributed by atoms with Crippen LogP contribution >= 0.6 is 12.2 Å². The second-order valence-electron chi connectivity index (χ2n) is 5.18. The SMILES string of the molecule is CCOC(=O)C1=NN(c2ccccc2)C(=O)/C1=C/n1ccc(=O)[nH]c1=S. The van der Waals surface area contributed by atoms with Crippen molar-refractivity contribution < 1.29 is 14.3 Å². The Hall–Kier alpha value is -3.33. The van der Waals surface area contributed by atoms with Gasteiger partial charge in [0.15, 0.2) is 10.5 Å². The van der Waals surface area contributed by atoms with Crippen molar-refractivity contribution in [2.75, 3.05) is 11.6 Å². The van der Waals surface area contributed by atoms with Gasteiger partial charge in [0.2, 0.25) is 0 Å². The monoisotopic (exact) mass is 370 g/mol. The number of carbonyl (C=O) groups excluding carboxylic acids is 2. The van der Waals surface area contributed by atoms with Gasteiger partial charge in [-0.05, 0) is 31.3 Å². The molecule has 0 spiro atoms. The highest BCUT2D eigenvalue weighted by molar-refractivity contribution is 7.71. The van der Waals surface area contributed by atoms with Crippen LogP contribution in [0.5, 0.6) is 0 Å². The van der Waals surface area contributed by atoms with Gasteiger partial charge in [-0.1, -0.05) is 18.2 Å². The zero-order chi connectivity index (χ0) is 18.7. The molecule has 0 atom stereocenters. The van der Waals surface area contributed by atoms with Gasteiger partial charge in [0.1, 0.15) is 0 Å². The number of benzene rings is 1. The predicted molar refractivity (Wildman–Crippen MR) is 98.2 cm³/mol. The third kappa shape index (κ3) is 3.38. The van der Waals surface area contributed by atoms with E-state index in [2.05, 4.69) is 10.1 Å². The highest BCUT2D eigenvalue weighted by Gasteiger charge is 2.36. The number of nitrogens with zero attached hydrogens (tertiary/aromatic N) is 3. The summed E-state index contributed by atoms with van der Waals surface area (Å²) in [6.45, 7) is 1.80. The molecule has 0 saturated carbocycles. The number of H-pyrrole nitrogens is 1. The number of nitrogens with one attached hydrogen (secondary N) is 1. The Balaban J connectivity index is 2.10. The molecular weight excluding hydrogens is 356 g/mol. The standard InChI is InChI=1S/C17H14N4O4S/c1-2-25-16(24)14-12(10-20-9-8-13(22)18-17(20)26)15(23)21(19-14)11-6-4-3-5-7-11/h3-10H,2H2,1H3,(H,18,22,26)/b12-10+. The summed E-state index contributed by atoms with van der Waals surface area (Å²) in [4.78, 5) is 38.8. The van der Waals surface area contributed by atoms with Crippen LogP contribution in [0.15, 0.2) is 58.1 Å². The number of anilines is 1. The van der Waals surface area contributed by atoms with Crippen LogP contribution in [0.4, 0.5) is 5.69 Å². The lowest BCUT2D eigenvalue weighted by Crippen LogP contribution is -2.23.